The Labute approximate surface area is 156 Å². The Morgan fingerprint density at radius 2 is 2.07 bits per heavy atom. The van der Waals surface area contributed by atoms with E-state index in [1.165, 1.54) is 6.07 Å². The number of aliphatic hydroxyl groups is 1. The van der Waals surface area contributed by atoms with E-state index in [2.05, 4.69) is 11.7 Å². The molecule has 0 aliphatic heterocycles. The molecule has 3 rings (SSSR count). The van der Waals surface area contributed by atoms with Gasteiger partial charge in [0.1, 0.15) is 11.6 Å². The number of allylic oxidation sites excluding steroid dienone is 1. The number of aliphatic imine (C=N–C) groups is 1. The molecule has 3 atom stereocenters. The molecule has 2 aliphatic carbocycles. The first-order chi connectivity index (χ1) is 12.8. The molecule has 0 aromatic heterocycles. The standard InChI is InChI=1S/C20H25F3N2O2/c1-11-5-7-13(17(9-11)25-16-3-2-4-18(16)26)19(24)14-10-12(27-20(22)23)6-8-15(14)21/h6,8,10-11,16,18,20,26H,2-5,7,9,24H2,1H3/b19-13-,25-17?/t11-,16?,18?/m1/s1. The number of aliphatic hydroxyl groups excluding tert-OH is 1. The zero-order chi connectivity index (χ0) is 19.6. The SMILES string of the molecule is C[C@@H]1CC/C(=C(/N)c2cc(OC(F)F)ccc2F)C(=NC2CCCC2O)C1. The van der Waals surface area contributed by atoms with E-state index in [4.69, 9.17) is 10.7 Å². The van der Waals surface area contributed by atoms with Crippen LogP contribution in [-0.4, -0.2) is 29.6 Å². The lowest BCUT2D eigenvalue weighted by Crippen LogP contribution is -2.24. The number of alkyl halides is 2. The van der Waals surface area contributed by atoms with Gasteiger partial charge in [-0.25, -0.2) is 4.39 Å². The Hall–Kier alpha value is -2.02. The zero-order valence-corrected chi connectivity index (χ0v) is 15.3. The van der Waals surface area contributed by atoms with Crippen LogP contribution in [0.15, 0.2) is 28.8 Å². The van der Waals surface area contributed by atoms with E-state index in [1.807, 2.05) is 0 Å². The molecule has 4 nitrogen and oxygen atoms in total. The molecule has 27 heavy (non-hydrogen) atoms. The topological polar surface area (TPSA) is 67.8 Å². The Morgan fingerprint density at radius 1 is 1.30 bits per heavy atom. The quantitative estimate of drug-likeness (QED) is 0.817. The molecular formula is C20H25F3N2O2. The largest absolute Gasteiger partial charge is 0.435 e. The summed E-state index contributed by atoms with van der Waals surface area (Å²) in [6, 6.07) is 3.26. The number of benzene rings is 1. The number of nitrogens with zero attached hydrogens (tertiary/aromatic N) is 1. The molecule has 0 heterocycles. The van der Waals surface area contributed by atoms with E-state index in [-0.39, 0.29) is 23.1 Å². The number of ether oxygens (including phenoxy) is 1. The van der Waals surface area contributed by atoms with Gasteiger partial charge in [0.25, 0.3) is 0 Å². The third kappa shape index (κ3) is 4.64. The lowest BCUT2D eigenvalue weighted by molar-refractivity contribution is -0.0499. The Bertz CT molecular complexity index is 749. The third-order valence-corrected chi connectivity index (χ3v) is 5.32. The van der Waals surface area contributed by atoms with Crippen molar-refractivity contribution in [2.24, 2.45) is 16.6 Å². The van der Waals surface area contributed by atoms with Gasteiger partial charge in [0.05, 0.1) is 12.1 Å². The van der Waals surface area contributed by atoms with Crippen LogP contribution in [0.1, 0.15) is 51.0 Å². The zero-order valence-electron chi connectivity index (χ0n) is 15.3. The molecule has 0 amide bonds. The van der Waals surface area contributed by atoms with Crippen molar-refractivity contribution in [3.63, 3.8) is 0 Å². The van der Waals surface area contributed by atoms with Crippen LogP contribution in [0.5, 0.6) is 5.75 Å². The molecule has 7 heteroatoms. The van der Waals surface area contributed by atoms with Crippen LogP contribution in [0, 0.1) is 11.7 Å². The van der Waals surface area contributed by atoms with Crippen LogP contribution in [-0.2, 0) is 0 Å². The van der Waals surface area contributed by atoms with Gasteiger partial charge in [-0.3, -0.25) is 4.99 Å². The predicted molar refractivity (Wildman–Crippen MR) is 98.2 cm³/mol. The maximum absolute atomic E-state index is 14.3. The molecule has 2 saturated carbocycles. The highest BCUT2D eigenvalue weighted by atomic mass is 19.3. The van der Waals surface area contributed by atoms with E-state index in [0.29, 0.717) is 18.8 Å². The Balaban J connectivity index is 1.99. The average Bonchev–Trinajstić information content (AvgIpc) is 3.01. The second-order valence-electron chi connectivity index (χ2n) is 7.40. The highest BCUT2D eigenvalue weighted by Gasteiger charge is 2.28. The van der Waals surface area contributed by atoms with Crippen molar-refractivity contribution in [1.29, 1.82) is 0 Å². The molecule has 0 radical (unpaired) electrons. The van der Waals surface area contributed by atoms with Gasteiger partial charge >= 0.3 is 6.61 Å². The maximum Gasteiger partial charge on any atom is 0.387 e. The summed E-state index contributed by atoms with van der Waals surface area (Å²) in [6.45, 7) is -0.876. The highest BCUT2D eigenvalue weighted by molar-refractivity contribution is 6.06. The van der Waals surface area contributed by atoms with Crippen molar-refractivity contribution in [1.82, 2.24) is 0 Å². The minimum Gasteiger partial charge on any atom is -0.435 e. The predicted octanol–water partition coefficient (Wildman–Crippen LogP) is 4.27. The summed E-state index contributed by atoms with van der Waals surface area (Å²) in [6.07, 6.45) is 4.23. The summed E-state index contributed by atoms with van der Waals surface area (Å²) in [4.78, 5) is 4.75. The molecular weight excluding hydrogens is 357 g/mol. The van der Waals surface area contributed by atoms with Gasteiger partial charge in [-0.05, 0) is 68.2 Å². The molecule has 3 N–H and O–H groups in total. The summed E-state index contributed by atoms with van der Waals surface area (Å²) in [5.74, 6) is -0.323. The summed E-state index contributed by atoms with van der Waals surface area (Å²) in [5, 5.41) is 10.1. The minimum atomic E-state index is -2.99. The van der Waals surface area contributed by atoms with E-state index in [0.717, 1.165) is 49.1 Å². The molecule has 148 valence electrons. The number of halogens is 3. The first-order valence-electron chi connectivity index (χ1n) is 9.33. The summed E-state index contributed by atoms with van der Waals surface area (Å²) in [7, 11) is 0. The highest BCUT2D eigenvalue weighted by Crippen LogP contribution is 2.33. The Kier molecular flexibility index (Phi) is 6.09. The smallest absolute Gasteiger partial charge is 0.387 e. The van der Waals surface area contributed by atoms with Crippen molar-refractivity contribution in [2.75, 3.05) is 0 Å². The van der Waals surface area contributed by atoms with E-state index in [9.17, 15) is 18.3 Å². The maximum atomic E-state index is 14.3. The molecule has 2 fully saturated rings. The second-order valence-corrected chi connectivity index (χ2v) is 7.40. The van der Waals surface area contributed by atoms with Crippen LogP contribution < -0.4 is 10.5 Å². The molecule has 2 unspecified atom stereocenters. The molecule has 1 aromatic carbocycles. The third-order valence-electron chi connectivity index (χ3n) is 5.32. The summed E-state index contributed by atoms with van der Waals surface area (Å²) >= 11 is 0. The van der Waals surface area contributed by atoms with Crippen LogP contribution >= 0.6 is 0 Å². The normalized spacial score (nSPS) is 29.4. The van der Waals surface area contributed by atoms with E-state index < -0.39 is 18.5 Å². The molecule has 0 spiro atoms. The number of rotatable bonds is 4. The van der Waals surface area contributed by atoms with Gasteiger partial charge in [0.2, 0.25) is 0 Å². The number of nitrogens with two attached hydrogens (primary N) is 1. The van der Waals surface area contributed by atoms with Crippen LogP contribution in [0.2, 0.25) is 0 Å². The fourth-order valence-electron chi connectivity index (χ4n) is 3.83. The lowest BCUT2D eigenvalue weighted by atomic mass is 9.83. The van der Waals surface area contributed by atoms with E-state index >= 15 is 0 Å². The number of hydrogen-bond acceptors (Lipinski definition) is 4. The van der Waals surface area contributed by atoms with Gasteiger partial charge in [-0.2, -0.15) is 8.78 Å². The Morgan fingerprint density at radius 3 is 2.74 bits per heavy atom. The van der Waals surface area contributed by atoms with Gasteiger partial charge < -0.3 is 15.6 Å². The van der Waals surface area contributed by atoms with Gasteiger partial charge in [0, 0.05) is 17.0 Å². The molecule has 0 bridgehead atoms. The lowest BCUT2D eigenvalue weighted by Gasteiger charge is -2.26. The fourth-order valence-corrected chi connectivity index (χ4v) is 3.83. The van der Waals surface area contributed by atoms with Crippen molar-refractivity contribution in [2.45, 2.75) is 64.2 Å². The van der Waals surface area contributed by atoms with Crippen molar-refractivity contribution < 1.29 is 23.0 Å². The van der Waals surface area contributed by atoms with Crippen LogP contribution in [0.4, 0.5) is 13.2 Å². The van der Waals surface area contributed by atoms with E-state index in [1.54, 1.807) is 0 Å². The number of hydrogen-bond donors (Lipinski definition) is 2. The van der Waals surface area contributed by atoms with Gasteiger partial charge in [0.15, 0.2) is 0 Å². The monoisotopic (exact) mass is 382 g/mol. The fraction of sp³-hybridized carbons (Fsp3) is 0.550. The first-order valence-corrected chi connectivity index (χ1v) is 9.33. The van der Waals surface area contributed by atoms with Crippen LogP contribution in [0.25, 0.3) is 5.70 Å². The minimum absolute atomic E-state index is 0.0392. The molecule has 0 saturated heterocycles. The van der Waals surface area contributed by atoms with Crippen molar-refractivity contribution >= 4 is 11.4 Å². The second kappa shape index (κ2) is 8.33. The van der Waals surface area contributed by atoms with Gasteiger partial charge in [-0.1, -0.05) is 6.92 Å². The first kappa shape index (κ1) is 19.7. The van der Waals surface area contributed by atoms with Crippen molar-refractivity contribution in [3.05, 3.63) is 35.2 Å². The van der Waals surface area contributed by atoms with Crippen molar-refractivity contribution in [3.8, 4) is 5.75 Å². The van der Waals surface area contributed by atoms with Crippen LogP contribution in [0.3, 0.4) is 0 Å². The van der Waals surface area contributed by atoms with Gasteiger partial charge in [-0.15, -0.1) is 0 Å². The summed E-state index contributed by atoms with van der Waals surface area (Å²) < 4.78 is 43.7. The average molecular weight is 382 g/mol. The molecule has 1 aromatic rings. The summed E-state index contributed by atoms with van der Waals surface area (Å²) in [5.41, 5.74) is 8.03. The molecule has 2 aliphatic rings.